The molecule has 9 heteroatoms. The normalized spacial score (nSPS) is 10.1. The molecule has 0 saturated carbocycles. The fourth-order valence-corrected chi connectivity index (χ4v) is 2.12. The molecule has 0 radical (unpaired) electrons. The van der Waals surface area contributed by atoms with Gasteiger partial charge >= 0.3 is 5.69 Å². The zero-order valence-corrected chi connectivity index (χ0v) is 11.4. The van der Waals surface area contributed by atoms with Crippen molar-refractivity contribution in [2.45, 2.75) is 19.8 Å². The van der Waals surface area contributed by atoms with E-state index in [1.807, 2.05) is 13.0 Å². The quantitative estimate of drug-likeness (QED) is 0.613. The fourth-order valence-electron chi connectivity index (χ4n) is 2.12. The average Bonchev–Trinajstić information content (AvgIpc) is 2.98. The van der Waals surface area contributed by atoms with Crippen molar-refractivity contribution in [3.8, 4) is 18.0 Å². The van der Waals surface area contributed by atoms with Crippen molar-refractivity contribution in [1.82, 2.24) is 19.3 Å². The van der Waals surface area contributed by atoms with E-state index in [4.69, 9.17) is 10.5 Å². The highest BCUT2D eigenvalue weighted by molar-refractivity contribution is 5.55. The Morgan fingerprint density at radius 1 is 1.43 bits per heavy atom. The molecule has 2 aromatic rings. The SMILES string of the molecule is CCCc1nn(C)c(-n2cnc(C#N)c2C#N)c1[N+](=O)[O-]. The van der Waals surface area contributed by atoms with E-state index in [1.165, 1.54) is 15.6 Å². The highest BCUT2D eigenvalue weighted by Crippen LogP contribution is 2.29. The van der Waals surface area contributed by atoms with Crippen LogP contribution in [0.15, 0.2) is 6.33 Å². The van der Waals surface area contributed by atoms with Gasteiger partial charge in [0.1, 0.15) is 24.2 Å². The molecule has 0 amide bonds. The van der Waals surface area contributed by atoms with Crippen LogP contribution in [0.3, 0.4) is 0 Å². The van der Waals surface area contributed by atoms with Gasteiger partial charge in [-0.05, 0) is 6.42 Å². The minimum atomic E-state index is -0.527. The lowest BCUT2D eigenvalue weighted by Crippen LogP contribution is -2.06. The third-order valence-electron chi connectivity index (χ3n) is 2.94. The lowest BCUT2D eigenvalue weighted by Gasteiger charge is -2.03. The summed E-state index contributed by atoms with van der Waals surface area (Å²) in [6.45, 7) is 1.89. The number of aryl methyl sites for hydroxylation is 2. The number of rotatable bonds is 4. The first-order valence-electron chi connectivity index (χ1n) is 6.13. The molecule has 0 spiro atoms. The minimum absolute atomic E-state index is 0.0494. The van der Waals surface area contributed by atoms with Crippen molar-refractivity contribution in [1.29, 1.82) is 10.5 Å². The Kier molecular flexibility index (Phi) is 3.67. The van der Waals surface area contributed by atoms with Crippen molar-refractivity contribution < 1.29 is 4.92 Å². The molecule has 0 saturated heterocycles. The van der Waals surface area contributed by atoms with Crippen LogP contribution in [0, 0.1) is 32.8 Å². The van der Waals surface area contributed by atoms with Crippen LogP contribution in [0.5, 0.6) is 0 Å². The van der Waals surface area contributed by atoms with Crippen LogP contribution in [0.4, 0.5) is 5.69 Å². The van der Waals surface area contributed by atoms with Gasteiger partial charge in [-0.2, -0.15) is 15.6 Å². The fraction of sp³-hybridized carbons (Fsp3) is 0.333. The molecule has 106 valence electrons. The van der Waals surface area contributed by atoms with Crippen molar-refractivity contribution in [2.24, 2.45) is 7.05 Å². The molecule has 0 aliphatic carbocycles. The summed E-state index contributed by atoms with van der Waals surface area (Å²) >= 11 is 0. The van der Waals surface area contributed by atoms with E-state index in [0.717, 1.165) is 0 Å². The number of aromatic nitrogens is 4. The Morgan fingerprint density at radius 3 is 2.67 bits per heavy atom. The minimum Gasteiger partial charge on any atom is -0.267 e. The molecule has 2 aromatic heterocycles. The van der Waals surface area contributed by atoms with E-state index in [2.05, 4.69) is 10.1 Å². The van der Waals surface area contributed by atoms with E-state index >= 15 is 0 Å². The second-order valence-corrected chi connectivity index (χ2v) is 4.29. The van der Waals surface area contributed by atoms with Crippen molar-refractivity contribution >= 4 is 5.69 Å². The average molecular weight is 285 g/mol. The first-order valence-corrected chi connectivity index (χ1v) is 6.13. The number of nitriles is 2. The molecule has 9 nitrogen and oxygen atoms in total. The van der Waals surface area contributed by atoms with Gasteiger partial charge in [0, 0.05) is 7.05 Å². The summed E-state index contributed by atoms with van der Waals surface area (Å²) in [5, 5.41) is 33.6. The smallest absolute Gasteiger partial charge is 0.267 e. The van der Waals surface area contributed by atoms with Crippen LogP contribution < -0.4 is 0 Å². The number of nitrogens with zero attached hydrogens (tertiary/aromatic N) is 7. The summed E-state index contributed by atoms with van der Waals surface area (Å²) < 4.78 is 2.55. The lowest BCUT2D eigenvalue weighted by molar-refractivity contribution is -0.385. The Hall–Kier alpha value is -3.20. The highest BCUT2D eigenvalue weighted by Gasteiger charge is 2.29. The van der Waals surface area contributed by atoms with Crippen LogP contribution in [0.25, 0.3) is 5.82 Å². The molecule has 0 unspecified atom stereocenters. The molecular formula is C12H11N7O2. The Morgan fingerprint density at radius 2 is 2.14 bits per heavy atom. The van der Waals surface area contributed by atoms with Gasteiger partial charge in [0.2, 0.25) is 5.82 Å². The van der Waals surface area contributed by atoms with E-state index in [0.29, 0.717) is 18.5 Å². The van der Waals surface area contributed by atoms with Crippen LogP contribution in [0.2, 0.25) is 0 Å². The number of nitro groups is 1. The second-order valence-electron chi connectivity index (χ2n) is 4.29. The summed E-state index contributed by atoms with van der Waals surface area (Å²) in [6, 6.07) is 3.63. The zero-order valence-electron chi connectivity index (χ0n) is 11.4. The summed E-state index contributed by atoms with van der Waals surface area (Å²) in [7, 11) is 1.55. The van der Waals surface area contributed by atoms with Gasteiger partial charge in [-0.1, -0.05) is 13.3 Å². The monoisotopic (exact) mass is 285 g/mol. The maximum atomic E-state index is 11.4. The summed E-state index contributed by atoms with van der Waals surface area (Å²) in [5.74, 6) is 0.119. The van der Waals surface area contributed by atoms with Crippen molar-refractivity contribution in [3.05, 3.63) is 33.5 Å². The van der Waals surface area contributed by atoms with Crippen LogP contribution in [-0.4, -0.2) is 24.3 Å². The Balaban J connectivity index is 2.76. The summed E-state index contributed by atoms with van der Waals surface area (Å²) in [5.41, 5.74) is 0.0468. The van der Waals surface area contributed by atoms with Gasteiger partial charge < -0.3 is 0 Å². The molecule has 0 bridgehead atoms. The van der Waals surface area contributed by atoms with E-state index < -0.39 is 4.92 Å². The lowest BCUT2D eigenvalue weighted by atomic mass is 10.2. The molecular weight excluding hydrogens is 274 g/mol. The molecule has 0 aliphatic heterocycles. The first kappa shape index (κ1) is 14.2. The maximum absolute atomic E-state index is 11.4. The Bertz CT molecular complexity index is 788. The van der Waals surface area contributed by atoms with Crippen LogP contribution in [0.1, 0.15) is 30.4 Å². The van der Waals surface area contributed by atoms with Crippen molar-refractivity contribution in [3.63, 3.8) is 0 Å². The third-order valence-corrected chi connectivity index (χ3v) is 2.94. The first-order chi connectivity index (χ1) is 10.0. The number of imidazole rings is 1. The molecule has 21 heavy (non-hydrogen) atoms. The largest absolute Gasteiger partial charge is 0.334 e. The van der Waals surface area contributed by atoms with Gasteiger partial charge in [0.05, 0.1) is 4.92 Å². The molecule has 0 fully saturated rings. The standard InChI is InChI=1S/C12H11N7O2/c1-3-4-8-11(19(20)21)12(17(2)16-8)18-7-15-9(5-13)10(18)6-14/h7H,3-4H2,1-2H3. The zero-order chi connectivity index (χ0) is 15.6. The predicted molar refractivity (Wildman–Crippen MR) is 70.4 cm³/mol. The molecule has 2 rings (SSSR count). The van der Waals surface area contributed by atoms with Gasteiger partial charge in [-0.25, -0.2) is 9.67 Å². The van der Waals surface area contributed by atoms with E-state index in [9.17, 15) is 10.1 Å². The van der Waals surface area contributed by atoms with E-state index in [1.54, 1.807) is 13.1 Å². The van der Waals surface area contributed by atoms with Crippen LogP contribution >= 0.6 is 0 Å². The topological polar surface area (TPSA) is 126 Å². The van der Waals surface area contributed by atoms with Gasteiger partial charge in [0.25, 0.3) is 0 Å². The summed E-state index contributed by atoms with van der Waals surface area (Å²) in [4.78, 5) is 14.6. The molecule has 0 aliphatic rings. The predicted octanol–water partition coefficient (Wildman–Crippen LogP) is 1.21. The Labute approximate surface area is 119 Å². The van der Waals surface area contributed by atoms with E-state index in [-0.39, 0.29) is 22.9 Å². The number of hydrogen-bond donors (Lipinski definition) is 0. The van der Waals surface area contributed by atoms with Crippen LogP contribution in [-0.2, 0) is 13.5 Å². The highest BCUT2D eigenvalue weighted by atomic mass is 16.6. The maximum Gasteiger partial charge on any atom is 0.334 e. The number of hydrogen-bond acceptors (Lipinski definition) is 6. The van der Waals surface area contributed by atoms with Crippen molar-refractivity contribution in [2.75, 3.05) is 0 Å². The summed E-state index contributed by atoms with van der Waals surface area (Å²) in [6.07, 6.45) is 2.37. The molecule has 0 aromatic carbocycles. The third kappa shape index (κ3) is 2.21. The van der Waals surface area contributed by atoms with Gasteiger partial charge in [0.15, 0.2) is 11.4 Å². The molecule has 0 N–H and O–H groups in total. The van der Waals surface area contributed by atoms with Gasteiger partial charge in [-0.15, -0.1) is 0 Å². The molecule has 0 atom stereocenters. The van der Waals surface area contributed by atoms with Gasteiger partial charge in [-0.3, -0.25) is 14.7 Å². The molecule has 2 heterocycles. The second kappa shape index (κ2) is 5.43.